The topological polar surface area (TPSA) is 40.6 Å². The van der Waals surface area contributed by atoms with E-state index in [-0.39, 0.29) is 5.91 Å². The molecule has 20 heavy (non-hydrogen) atoms. The molecule has 0 aromatic heterocycles. The largest absolute Gasteiger partial charge is 0.342 e. The number of piperazine rings is 1. The van der Waals surface area contributed by atoms with Crippen molar-refractivity contribution in [2.75, 3.05) is 26.2 Å². The van der Waals surface area contributed by atoms with Gasteiger partial charge in [-0.25, -0.2) is 0 Å². The molecule has 4 nitrogen and oxygen atoms in total. The lowest BCUT2D eigenvalue weighted by molar-refractivity contribution is -0.134. The lowest BCUT2D eigenvalue weighted by Crippen LogP contribution is -2.48. The zero-order valence-corrected chi connectivity index (χ0v) is 12.4. The molecule has 1 aliphatic heterocycles. The van der Waals surface area contributed by atoms with Crippen LogP contribution in [-0.2, 0) is 9.59 Å². The molecule has 1 heterocycles. The van der Waals surface area contributed by atoms with E-state index in [4.69, 9.17) is 11.6 Å². The lowest BCUT2D eigenvalue weighted by Gasteiger charge is -2.32. The summed E-state index contributed by atoms with van der Waals surface area (Å²) in [5.74, 6) is 0.0707. The summed E-state index contributed by atoms with van der Waals surface area (Å²) in [6, 6.07) is 0. The van der Waals surface area contributed by atoms with Crippen LogP contribution in [0.1, 0.15) is 19.8 Å². The number of amides is 2. The number of halogens is 1. The summed E-state index contributed by atoms with van der Waals surface area (Å²) in [7, 11) is 0. The Labute approximate surface area is 124 Å². The van der Waals surface area contributed by atoms with Gasteiger partial charge < -0.3 is 9.80 Å². The maximum Gasteiger partial charge on any atom is 0.227 e. The van der Waals surface area contributed by atoms with E-state index < -0.39 is 0 Å². The molecule has 0 N–H and O–H groups in total. The lowest BCUT2D eigenvalue weighted by atomic mass is 10.1. The number of rotatable bonds is 3. The van der Waals surface area contributed by atoms with Gasteiger partial charge in [-0.2, -0.15) is 0 Å². The maximum atomic E-state index is 12.3. The highest BCUT2D eigenvalue weighted by Gasteiger charge is 2.21. The SMILES string of the molecule is CC1=CC=C(CC(=O)N2CCN(C=O)CC2)C(Cl)=CC1. The monoisotopic (exact) mass is 294 g/mol. The Bertz CT molecular complexity index is 486. The van der Waals surface area contributed by atoms with Crippen LogP contribution in [0, 0.1) is 0 Å². The van der Waals surface area contributed by atoms with Crippen LogP contribution in [0.2, 0.25) is 0 Å². The van der Waals surface area contributed by atoms with Crippen LogP contribution >= 0.6 is 11.6 Å². The van der Waals surface area contributed by atoms with E-state index in [2.05, 4.69) is 0 Å². The Morgan fingerprint density at radius 1 is 1.30 bits per heavy atom. The molecule has 0 aromatic rings. The maximum absolute atomic E-state index is 12.3. The van der Waals surface area contributed by atoms with E-state index in [1.54, 1.807) is 9.80 Å². The summed E-state index contributed by atoms with van der Waals surface area (Å²) >= 11 is 6.22. The van der Waals surface area contributed by atoms with Crippen molar-refractivity contribution in [2.45, 2.75) is 19.8 Å². The summed E-state index contributed by atoms with van der Waals surface area (Å²) in [6.07, 6.45) is 7.87. The first kappa shape index (κ1) is 14.9. The Balaban J connectivity index is 1.96. The fourth-order valence-electron chi connectivity index (χ4n) is 2.27. The fraction of sp³-hybridized carbons (Fsp3) is 0.467. The van der Waals surface area contributed by atoms with Gasteiger partial charge in [-0.3, -0.25) is 9.59 Å². The van der Waals surface area contributed by atoms with Crippen molar-refractivity contribution in [1.29, 1.82) is 0 Å². The summed E-state index contributed by atoms with van der Waals surface area (Å²) in [4.78, 5) is 26.4. The number of hydrogen-bond acceptors (Lipinski definition) is 2. The second-order valence-electron chi connectivity index (χ2n) is 5.16. The van der Waals surface area contributed by atoms with Crippen LogP contribution in [0.4, 0.5) is 0 Å². The minimum Gasteiger partial charge on any atom is -0.342 e. The molecule has 0 spiro atoms. The average molecular weight is 295 g/mol. The van der Waals surface area contributed by atoms with E-state index in [9.17, 15) is 9.59 Å². The molecule has 0 bridgehead atoms. The van der Waals surface area contributed by atoms with E-state index in [1.165, 1.54) is 5.57 Å². The fourth-order valence-corrected chi connectivity index (χ4v) is 2.47. The van der Waals surface area contributed by atoms with E-state index >= 15 is 0 Å². The normalized spacial score (nSPS) is 19.8. The molecule has 1 saturated heterocycles. The summed E-state index contributed by atoms with van der Waals surface area (Å²) in [5, 5.41) is 0.665. The van der Waals surface area contributed by atoms with Gasteiger partial charge in [0.2, 0.25) is 12.3 Å². The van der Waals surface area contributed by atoms with Gasteiger partial charge >= 0.3 is 0 Å². The molecular weight excluding hydrogens is 276 g/mol. The predicted molar refractivity (Wildman–Crippen MR) is 79.2 cm³/mol. The highest BCUT2D eigenvalue weighted by Crippen LogP contribution is 2.24. The molecule has 108 valence electrons. The van der Waals surface area contributed by atoms with Crippen molar-refractivity contribution in [3.8, 4) is 0 Å². The number of carbonyl (C=O) groups is 2. The molecule has 5 heteroatoms. The second-order valence-corrected chi connectivity index (χ2v) is 5.57. The Morgan fingerprint density at radius 2 is 2.00 bits per heavy atom. The Morgan fingerprint density at radius 3 is 2.65 bits per heavy atom. The van der Waals surface area contributed by atoms with Gasteiger partial charge in [0, 0.05) is 31.2 Å². The van der Waals surface area contributed by atoms with Crippen molar-refractivity contribution in [1.82, 2.24) is 9.80 Å². The Kier molecular flexibility index (Phi) is 5.01. The molecule has 2 rings (SSSR count). The minimum atomic E-state index is 0.0707. The zero-order valence-electron chi connectivity index (χ0n) is 11.6. The van der Waals surface area contributed by atoms with Gasteiger partial charge in [0.25, 0.3) is 0 Å². The van der Waals surface area contributed by atoms with Crippen molar-refractivity contribution in [2.24, 2.45) is 0 Å². The van der Waals surface area contributed by atoms with Crippen molar-refractivity contribution >= 4 is 23.9 Å². The zero-order chi connectivity index (χ0) is 14.5. The molecule has 2 amide bonds. The van der Waals surface area contributed by atoms with Gasteiger partial charge in [0.15, 0.2) is 0 Å². The summed E-state index contributed by atoms with van der Waals surface area (Å²) < 4.78 is 0. The van der Waals surface area contributed by atoms with E-state index in [0.29, 0.717) is 37.6 Å². The van der Waals surface area contributed by atoms with Crippen LogP contribution in [0.5, 0.6) is 0 Å². The quantitative estimate of drug-likeness (QED) is 0.748. The number of allylic oxidation sites excluding steroid dienone is 5. The molecule has 1 aliphatic carbocycles. The van der Waals surface area contributed by atoms with Crippen LogP contribution in [0.25, 0.3) is 0 Å². The molecule has 0 saturated carbocycles. The Hall–Kier alpha value is -1.55. The smallest absolute Gasteiger partial charge is 0.227 e. The number of carbonyl (C=O) groups excluding carboxylic acids is 2. The molecule has 2 aliphatic rings. The first-order valence-electron chi connectivity index (χ1n) is 6.79. The third kappa shape index (κ3) is 3.73. The third-order valence-electron chi connectivity index (χ3n) is 3.64. The average Bonchev–Trinajstić information content (AvgIpc) is 2.63. The van der Waals surface area contributed by atoms with E-state index in [1.807, 2.05) is 25.2 Å². The number of nitrogens with zero attached hydrogens (tertiary/aromatic N) is 2. The standard InChI is InChI=1S/C15H19ClN2O2/c1-12-2-4-13(14(16)5-3-12)10-15(20)18-8-6-17(11-19)7-9-18/h2,4-5,11H,3,6-10H2,1H3. The minimum absolute atomic E-state index is 0.0707. The summed E-state index contributed by atoms with van der Waals surface area (Å²) in [5.41, 5.74) is 2.09. The first-order chi connectivity index (χ1) is 9.60. The predicted octanol–water partition coefficient (Wildman–Crippen LogP) is 2.08. The highest BCUT2D eigenvalue weighted by atomic mass is 35.5. The van der Waals surface area contributed by atoms with Crippen molar-refractivity contribution in [3.63, 3.8) is 0 Å². The van der Waals surface area contributed by atoms with Crippen LogP contribution in [-0.4, -0.2) is 48.3 Å². The molecule has 0 unspecified atom stereocenters. The molecular formula is C15H19ClN2O2. The van der Waals surface area contributed by atoms with Gasteiger partial charge in [-0.15, -0.1) is 0 Å². The molecule has 1 fully saturated rings. The first-order valence-corrected chi connectivity index (χ1v) is 7.17. The molecule has 0 atom stereocenters. The highest BCUT2D eigenvalue weighted by molar-refractivity contribution is 6.32. The van der Waals surface area contributed by atoms with Gasteiger partial charge in [-0.05, 0) is 18.9 Å². The van der Waals surface area contributed by atoms with Crippen LogP contribution < -0.4 is 0 Å². The van der Waals surface area contributed by atoms with E-state index in [0.717, 1.165) is 18.4 Å². The molecule has 0 radical (unpaired) electrons. The summed E-state index contributed by atoms with van der Waals surface area (Å²) in [6.45, 7) is 4.45. The van der Waals surface area contributed by atoms with Crippen LogP contribution in [0.3, 0.4) is 0 Å². The number of hydrogen-bond donors (Lipinski definition) is 0. The van der Waals surface area contributed by atoms with Gasteiger partial charge in [0.05, 0.1) is 6.42 Å². The van der Waals surface area contributed by atoms with Crippen molar-refractivity contribution in [3.05, 3.63) is 34.4 Å². The van der Waals surface area contributed by atoms with Gasteiger partial charge in [0.1, 0.15) is 0 Å². The molecule has 0 aromatic carbocycles. The second kappa shape index (κ2) is 6.75. The third-order valence-corrected chi connectivity index (χ3v) is 4.03. The van der Waals surface area contributed by atoms with Crippen LogP contribution in [0.15, 0.2) is 34.4 Å². The van der Waals surface area contributed by atoms with Crippen molar-refractivity contribution < 1.29 is 9.59 Å². The van der Waals surface area contributed by atoms with Gasteiger partial charge in [-0.1, -0.05) is 35.4 Å².